The van der Waals surface area contributed by atoms with Gasteiger partial charge in [-0.2, -0.15) is 0 Å². The highest BCUT2D eigenvalue weighted by molar-refractivity contribution is 5.69. The van der Waals surface area contributed by atoms with Crippen molar-refractivity contribution >= 4 is 5.97 Å². The first-order valence-electron chi connectivity index (χ1n) is 9.05. The first-order valence-corrected chi connectivity index (χ1v) is 9.05. The highest BCUT2D eigenvalue weighted by Crippen LogP contribution is 2.29. The van der Waals surface area contributed by atoms with Crippen LogP contribution in [0.3, 0.4) is 0 Å². The number of hydrogen-bond donors (Lipinski definition) is 2. The molecule has 1 unspecified atom stereocenters. The molecule has 1 aromatic rings. The van der Waals surface area contributed by atoms with Crippen LogP contribution in [0, 0.1) is 11.8 Å². The summed E-state index contributed by atoms with van der Waals surface area (Å²) in [4.78, 5) is 11.3. The Bertz CT molecular complexity index is 512. The molecule has 1 saturated carbocycles. The van der Waals surface area contributed by atoms with Crippen molar-refractivity contribution in [3.63, 3.8) is 0 Å². The van der Waals surface area contributed by atoms with Gasteiger partial charge in [-0.05, 0) is 48.6 Å². The molecule has 0 radical (unpaired) electrons. The smallest absolute Gasteiger partial charge is 0.305 e. The van der Waals surface area contributed by atoms with Crippen molar-refractivity contribution in [2.75, 3.05) is 13.7 Å². The van der Waals surface area contributed by atoms with Crippen LogP contribution in [0.15, 0.2) is 24.3 Å². The summed E-state index contributed by atoms with van der Waals surface area (Å²) in [7, 11) is 1.44. The average Bonchev–Trinajstić information content (AvgIpc) is 3.00. The van der Waals surface area contributed by atoms with Crippen molar-refractivity contribution in [2.24, 2.45) is 11.8 Å². The van der Waals surface area contributed by atoms with Crippen LogP contribution >= 0.6 is 0 Å². The quantitative estimate of drug-likeness (QED) is 0.717. The van der Waals surface area contributed by atoms with Crippen LogP contribution in [0.25, 0.3) is 0 Å². The van der Waals surface area contributed by atoms with E-state index in [2.05, 4.69) is 31.3 Å². The summed E-state index contributed by atoms with van der Waals surface area (Å²) in [5.41, 5.74) is 2.27. The number of hydrogen-bond acceptors (Lipinski definition) is 4. The van der Waals surface area contributed by atoms with Crippen molar-refractivity contribution < 1.29 is 14.6 Å². The Balaban J connectivity index is 1.75. The SMILES string of the molecule is COC(=O)C[C@@H]1CC[C@H](NCC(O)c2ccc(CC(C)C)cc2)C1. The highest BCUT2D eigenvalue weighted by Gasteiger charge is 2.26. The van der Waals surface area contributed by atoms with Gasteiger partial charge in [0.2, 0.25) is 0 Å². The number of carbonyl (C=O) groups excluding carboxylic acids is 1. The van der Waals surface area contributed by atoms with Crippen molar-refractivity contribution in [3.05, 3.63) is 35.4 Å². The molecule has 1 aliphatic carbocycles. The summed E-state index contributed by atoms with van der Waals surface area (Å²) in [6, 6.07) is 8.66. The van der Waals surface area contributed by atoms with E-state index in [0.717, 1.165) is 31.2 Å². The molecule has 134 valence electrons. The zero-order valence-electron chi connectivity index (χ0n) is 15.1. The summed E-state index contributed by atoms with van der Waals surface area (Å²) in [5.74, 6) is 0.923. The molecule has 24 heavy (non-hydrogen) atoms. The van der Waals surface area contributed by atoms with Gasteiger partial charge in [0.1, 0.15) is 0 Å². The summed E-state index contributed by atoms with van der Waals surface area (Å²) in [6.07, 6.45) is 4.17. The normalized spacial score (nSPS) is 21.9. The molecule has 0 saturated heterocycles. The lowest BCUT2D eigenvalue weighted by Crippen LogP contribution is -2.31. The molecule has 4 heteroatoms. The number of esters is 1. The Kier molecular flexibility index (Phi) is 7.25. The average molecular weight is 333 g/mol. The van der Waals surface area contributed by atoms with Gasteiger partial charge in [-0.25, -0.2) is 0 Å². The molecule has 4 nitrogen and oxygen atoms in total. The fourth-order valence-corrected chi connectivity index (χ4v) is 3.51. The molecule has 1 aliphatic rings. The van der Waals surface area contributed by atoms with Gasteiger partial charge in [0.25, 0.3) is 0 Å². The van der Waals surface area contributed by atoms with Crippen molar-refractivity contribution in [1.82, 2.24) is 5.32 Å². The van der Waals surface area contributed by atoms with E-state index in [-0.39, 0.29) is 5.97 Å². The molecule has 2 N–H and O–H groups in total. The fraction of sp³-hybridized carbons (Fsp3) is 0.650. The fourth-order valence-electron chi connectivity index (χ4n) is 3.51. The van der Waals surface area contributed by atoms with Crippen LogP contribution in [0.2, 0.25) is 0 Å². The molecule has 2 rings (SSSR count). The molecule has 0 bridgehead atoms. The van der Waals surface area contributed by atoms with Crippen LogP contribution in [-0.4, -0.2) is 30.8 Å². The van der Waals surface area contributed by atoms with Crippen LogP contribution in [0.4, 0.5) is 0 Å². The third-order valence-corrected chi connectivity index (χ3v) is 4.83. The van der Waals surface area contributed by atoms with E-state index in [1.54, 1.807) is 0 Å². The first kappa shape index (κ1) is 18.9. The van der Waals surface area contributed by atoms with Gasteiger partial charge in [0.05, 0.1) is 13.2 Å². The lowest BCUT2D eigenvalue weighted by atomic mass is 10.00. The zero-order chi connectivity index (χ0) is 17.5. The van der Waals surface area contributed by atoms with Crippen molar-refractivity contribution in [2.45, 2.75) is 58.1 Å². The van der Waals surface area contributed by atoms with Gasteiger partial charge in [-0.15, -0.1) is 0 Å². The Morgan fingerprint density at radius 3 is 2.62 bits per heavy atom. The monoisotopic (exact) mass is 333 g/mol. The minimum absolute atomic E-state index is 0.123. The maximum Gasteiger partial charge on any atom is 0.305 e. The second kappa shape index (κ2) is 9.19. The van der Waals surface area contributed by atoms with Crippen LogP contribution in [-0.2, 0) is 16.0 Å². The molecular weight excluding hydrogens is 302 g/mol. The van der Waals surface area contributed by atoms with Gasteiger partial charge in [-0.3, -0.25) is 4.79 Å². The van der Waals surface area contributed by atoms with Crippen LogP contribution in [0.5, 0.6) is 0 Å². The number of carbonyl (C=O) groups is 1. The summed E-state index contributed by atoms with van der Waals surface area (Å²) in [6.45, 7) is 4.97. The Labute approximate surface area is 145 Å². The number of benzene rings is 1. The van der Waals surface area contributed by atoms with Gasteiger partial charge in [0.15, 0.2) is 0 Å². The van der Waals surface area contributed by atoms with E-state index < -0.39 is 6.10 Å². The molecule has 0 aliphatic heterocycles. The third kappa shape index (κ3) is 5.91. The first-order chi connectivity index (χ1) is 11.5. The van der Waals surface area contributed by atoms with E-state index in [4.69, 9.17) is 4.74 Å². The van der Waals surface area contributed by atoms with Crippen molar-refractivity contribution in [3.8, 4) is 0 Å². The Morgan fingerprint density at radius 2 is 2.00 bits per heavy atom. The Hall–Kier alpha value is -1.39. The van der Waals surface area contributed by atoms with Gasteiger partial charge >= 0.3 is 5.97 Å². The van der Waals surface area contributed by atoms with E-state index in [9.17, 15) is 9.90 Å². The predicted molar refractivity (Wildman–Crippen MR) is 95.7 cm³/mol. The number of aliphatic hydroxyl groups is 1. The maximum atomic E-state index is 11.3. The van der Waals surface area contributed by atoms with E-state index in [0.29, 0.717) is 30.8 Å². The second-order valence-corrected chi connectivity index (χ2v) is 7.42. The molecule has 0 heterocycles. The molecule has 0 amide bonds. The number of rotatable bonds is 8. The van der Waals surface area contributed by atoms with E-state index in [1.807, 2.05) is 12.1 Å². The van der Waals surface area contributed by atoms with Crippen molar-refractivity contribution in [1.29, 1.82) is 0 Å². The van der Waals surface area contributed by atoms with Gasteiger partial charge < -0.3 is 15.2 Å². The summed E-state index contributed by atoms with van der Waals surface area (Å²) in [5, 5.41) is 13.8. The lowest BCUT2D eigenvalue weighted by molar-refractivity contribution is -0.141. The van der Waals surface area contributed by atoms with Crippen LogP contribution in [0.1, 0.15) is 56.8 Å². The topological polar surface area (TPSA) is 58.6 Å². The van der Waals surface area contributed by atoms with Crippen LogP contribution < -0.4 is 5.32 Å². The van der Waals surface area contributed by atoms with Gasteiger partial charge in [-0.1, -0.05) is 38.1 Å². The van der Waals surface area contributed by atoms with E-state index >= 15 is 0 Å². The maximum absolute atomic E-state index is 11.3. The standard InChI is InChI=1S/C20H31NO3/c1-14(2)10-15-4-7-17(8-5-15)19(22)13-21-18-9-6-16(11-18)12-20(23)24-3/h4-5,7-8,14,16,18-19,21-22H,6,9-13H2,1-3H3/t16-,18+,19?/m1/s1. The minimum atomic E-state index is -0.488. The number of ether oxygens (including phenoxy) is 1. The molecule has 1 fully saturated rings. The molecular formula is C20H31NO3. The highest BCUT2D eigenvalue weighted by atomic mass is 16.5. The lowest BCUT2D eigenvalue weighted by Gasteiger charge is -2.17. The largest absolute Gasteiger partial charge is 0.469 e. The number of methoxy groups -OCH3 is 1. The number of nitrogens with one attached hydrogen (secondary N) is 1. The number of aliphatic hydroxyl groups excluding tert-OH is 1. The minimum Gasteiger partial charge on any atom is -0.469 e. The van der Waals surface area contributed by atoms with E-state index in [1.165, 1.54) is 12.7 Å². The zero-order valence-corrected chi connectivity index (χ0v) is 15.1. The summed E-state index contributed by atoms with van der Waals surface area (Å²) >= 11 is 0. The second-order valence-electron chi connectivity index (χ2n) is 7.42. The molecule has 0 spiro atoms. The molecule has 3 atom stereocenters. The molecule has 1 aromatic carbocycles. The third-order valence-electron chi connectivity index (χ3n) is 4.83. The predicted octanol–water partition coefficient (Wildman–Crippen LogP) is 3.24. The Morgan fingerprint density at radius 1 is 1.29 bits per heavy atom. The van der Waals surface area contributed by atoms with Gasteiger partial charge in [0, 0.05) is 19.0 Å². The summed E-state index contributed by atoms with van der Waals surface area (Å²) < 4.78 is 4.74. The molecule has 0 aromatic heterocycles.